The van der Waals surface area contributed by atoms with Crippen molar-refractivity contribution in [1.82, 2.24) is 25.1 Å². The zero-order valence-electron chi connectivity index (χ0n) is 18.7. The Bertz CT molecular complexity index is 1510. The first-order valence-corrected chi connectivity index (χ1v) is 11.1. The zero-order chi connectivity index (χ0) is 25.1. The van der Waals surface area contributed by atoms with Crippen LogP contribution in [0.2, 0.25) is 0 Å². The Morgan fingerprint density at radius 3 is 2.56 bits per heavy atom. The molecule has 2 N–H and O–H groups in total. The summed E-state index contributed by atoms with van der Waals surface area (Å²) in [5, 5.41) is 10.9. The van der Waals surface area contributed by atoms with Crippen molar-refractivity contribution in [3.63, 3.8) is 0 Å². The summed E-state index contributed by atoms with van der Waals surface area (Å²) in [6.07, 6.45) is 1.32. The van der Waals surface area contributed by atoms with E-state index in [0.29, 0.717) is 22.5 Å². The maximum Gasteiger partial charge on any atom is 0.239 e. The number of aromatic amines is 1. The van der Waals surface area contributed by atoms with E-state index >= 15 is 0 Å². The number of alkyl halides is 2. The van der Waals surface area contributed by atoms with Crippen molar-refractivity contribution in [3.8, 4) is 22.5 Å². The molecule has 0 radical (unpaired) electrons. The number of benzene rings is 1. The Morgan fingerprint density at radius 1 is 0.972 bits per heavy atom. The van der Waals surface area contributed by atoms with E-state index in [1.807, 2.05) is 12.1 Å². The number of hydrogen-bond donors (Lipinski definition) is 2. The van der Waals surface area contributed by atoms with Gasteiger partial charge in [0.25, 0.3) is 0 Å². The van der Waals surface area contributed by atoms with Crippen molar-refractivity contribution in [2.45, 2.75) is 18.8 Å². The van der Waals surface area contributed by atoms with Gasteiger partial charge in [0, 0.05) is 24.4 Å². The first kappa shape index (κ1) is 23.2. The molecule has 4 heterocycles. The van der Waals surface area contributed by atoms with Crippen LogP contribution in [0.15, 0.2) is 79.3 Å². The van der Waals surface area contributed by atoms with Crippen molar-refractivity contribution in [2.75, 3.05) is 5.32 Å². The number of nitrogens with zero attached hydrogens (tertiary/aromatic N) is 4. The first-order chi connectivity index (χ1) is 17.5. The van der Waals surface area contributed by atoms with E-state index in [4.69, 9.17) is 0 Å². The van der Waals surface area contributed by atoms with Crippen LogP contribution >= 0.6 is 0 Å². The number of pyridine rings is 2. The minimum absolute atomic E-state index is 0.176. The maximum absolute atomic E-state index is 13.3. The predicted molar refractivity (Wildman–Crippen MR) is 129 cm³/mol. The molecule has 0 saturated heterocycles. The van der Waals surface area contributed by atoms with Crippen molar-refractivity contribution < 1.29 is 18.0 Å². The van der Waals surface area contributed by atoms with Crippen molar-refractivity contribution in [2.24, 2.45) is 0 Å². The standard InChI is InChI=1S/C26H19F3N6O/c27-17-6-4-15(5-7-17)18(14-21(28)29)26(36)34-22-13-16(8-11-31-22)24-23(19-3-1-2-10-30-19)25-20(33-24)9-12-32-35-25/h1-13,18,21,33H,14H2,(H,31,34,36). The molecular formula is C26H19F3N6O. The molecule has 0 spiro atoms. The Labute approximate surface area is 203 Å². The molecule has 0 aliphatic carbocycles. The molecule has 1 atom stereocenters. The molecule has 1 amide bonds. The first-order valence-electron chi connectivity index (χ1n) is 11.1. The lowest BCUT2D eigenvalue weighted by atomic mass is 9.95. The number of carbonyl (C=O) groups excluding carboxylic acids is 1. The summed E-state index contributed by atoms with van der Waals surface area (Å²) in [7, 11) is 0. The van der Waals surface area contributed by atoms with E-state index in [1.54, 1.807) is 36.7 Å². The van der Waals surface area contributed by atoms with Gasteiger partial charge in [0.15, 0.2) is 0 Å². The number of hydrogen-bond acceptors (Lipinski definition) is 5. The van der Waals surface area contributed by atoms with Crippen molar-refractivity contribution in [1.29, 1.82) is 0 Å². The molecule has 0 saturated carbocycles. The highest BCUT2D eigenvalue weighted by molar-refractivity contribution is 6.01. The van der Waals surface area contributed by atoms with E-state index in [1.165, 1.54) is 18.3 Å². The molecule has 5 rings (SSSR count). The Kier molecular flexibility index (Phi) is 6.40. The van der Waals surface area contributed by atoms with Gasteiger partial charge >= 0.3 is 0 Å². The molecule has 7 nitrogen and oxygen atoms in total. The largest absolute Gasteiger partial charge is 0.353 e. The lowest BCUT2D eigenvalue weighted by molar-refractivity contribution is -0.118. The van der Waals surface area contributed by atoms with E-state index in [-0.39, 0.29) is 11.4 Å². The molecule has 0 aliphatic heterocycles. The number of amides is 1. The number of halogens is 3. The van der Waals surface area contributed by atoms with Crippen molar-refractivity contribution >= 4 is 22.8 Å². The summed E-state index contributed by atoms with van der Waals surface area (Å²) in [6.45, 7) is 0. The normalized spacial score (nSPS) is 12.1. The molecule has 10 heteroatoms. The third-order valence-corrected chi connectivity index (χ3v) is 5.69. The van der Waals surface area contributed by atoms with Crippen LogP contribution in [0, 0.1) is 5.82 Å². The number of anilines is 1. The number of aromatic nitrogens is 5. The number of rotatable bonds is 7. The average molecular weight is 488 g/mol. The number of nitrogens with one attached hydrogen (secondary N) is 2. The maximum atomic E-state index is 13.3. The molecule has 4 aromatic heterocycles. The highest BCUT2D eigenvalue weighted by atomic mass is 19.3. The molecule has 180 valence electrons. The summed E-state index contributed by atoms with van der Waals surface area (Å²) >= 11 is 0. The number of H-pyrrole nitrogens is 1. The van der Waals surface area contributed by atoms with Crippen LogP contribution in [-0.4, -0.2) is 37.5 Å². The highest BCUT2D eigenvalue weighted by Gasteiger charge is 2.26. The van der Waals surface area contributed by atoms with Gasteiger partial charge in [0.05, 0.1) is 34.6 Å². The molecule has 1 unspecified atom stereocenters. The molecule has 36 heavy (non-hydrogen) atoms. The van der Waals surface area contributed by atoms with E-state index < -0.39 is 30.5 Å². The Morgan fingerprint density at radius 2 is 1.81 bits per heavy atom. The van der Waals surface area contributed by atoms with Crippen molar-refractivity contribution in [3.05, 3.63) is 90.6 Å². The third-order valence-electron chi connectivity index (χ3n) is 5.69. The minimum atomic E-state index is -2.72. The quantitative estimate of drug-likeness (QED) is 0.311. The summed E-state index contributed by atoms with van der Waals surface area (Å²) in [4.78, 5) is 25.0. The Balaban J connectivity index is 1.50. The van der Waals surface area contributed by atoms with Gasteiger partial charge in [-0.25, -0.2) is 18.2 Å². The minimum Gasteiger partial charge on any atom is -0.353 e. The third kappa shape index (κ3) is 4.78. The van der Waals surface area contributed by atoms with Crippen LogP contribution in [0.5, 0.6) is 0 Å². The van der Waals surface area contributed by atoms with Gasteiger partial charge in [-0.15, -0.1) is 5.10 Å². The summed E-state index contributed by atoms with van der Waals surface area (Å²) in [5.74, 6) is -2.19. The van der Waals surface area contributed by atoms with Crippen LogP contribution in [0.25, 0.3) is 33.5 Å². The summed E-state index contributed by atoms with van der Waals surface area (Å²) < 4.78 is 39.8. The van der Waals surface area contributed by atoms with Gasteiger partial charge in [0.1, 0.15) is 17.2 Å². The van der Waals surface area contributed by atoms with E-state index in [9.17, 15) is 18.0 Å². The SMILES string of the molecule is O=C(Nc1cc(-c2[nH]c3ccnnc3c2-c2ccccn2)ccn1)C(CC(F)F)c1ccc(F)cc1. The van der Waals surface area contributed by atoms with Gasteiger partial charge in [-0.05, 0) is 48.0 Å². The lowest BCUT2D eigenvalue weighted by Crippen LogP contribution is -2.23. The number of carbonyl (C=O) groups is 1. The second kappa shape index (κ2) is 9.95. The van der Waals surface area contributed by atoms with Crippen LogP contribution in [-0.2, 0) is 4.79 Å². The summed E-state index contributed by atoms with van der Waals surface area (Å²) in [6, 6.07) is 15.6. The lowest BCUT2D eigenvalue weighted by Gasteiger charge is -2.17. The monoisotopic (exact) mass is 488 g/mol. The average Bonchev–Trinajstić information content (AvgIpc) is 3.28. The Hall–Kier alpha value is -4.60. The second-order valence-corrected chi connectivity index (χ2v) is 8.03. The van der Waals surface area contributed by atoms with Gasteiger partial charge in [0.2, 0.25) is 12.3 Å². The molecule has 1 aromatic carbocycles. The molecule has 5 aromatic rings. The van der Waals surface area contributed by atoms with E-state index in [2.05, 4.69) is 30.5 Å². The molecule has 0 aliphatic rings. The molecule has 0 fully saturated rings. The summed E-state index contributed by atoms with van der Waals surface area (Å²) in [5.41, 5.74) is 4.42. The van der Waals surface area contributed by atoms with Crippen LogP contribution in [0.1, 0.15) is 17.9 Å². The van der Waals surface area contributed by atoms with Gasteiger partial charge < -0.3 is 10.3 Å². The molecular weight excluding hydrogens is 469 g/mol. The van der Waals surface area contributed by atoms with Gasteiger partial charge in [-0.1, -0.05) is 18.2 Å². The predicted octanol–water partition coefficient (Wildman–Crippen LogP) is 5.60. The van der Waals surface area contributed by atoms with E-state index in [0.717, 1.165) is 23.2 Å². The fraction of sp³-hybridized carbons (Fsp3) is 0.115. The fourth-order valence-electron chi connectivity index (χ4n) is 4.04. The second-order valence-electron chi connectivity index (χ2n) is 8.03. The topological polar surface area (TPSA) is 96.5 Å². The smallest absolute Gasteiger partial charge is 0.239 e. The zero-order valence-corrected chi connectivity index (χ0v) is 18.7. The van der Waals surface area contributed by atoms with Crippen LogP contribution in [0.4, 0.5) is 19.0 Å². The molecule has 0 bridgehead atoms. The van der Waals surface area contributed by atoms with Gasteiger partial charge in [-0.3, -0.25) is 9.78 Å². The highest BCUT2D eigenvalue weighted by Crippen LogP contribution is 2.36. The number of fused-ring (bicyclic) bond motifs is 1. The van der Waals surface area contributed by atoms with Crippen LogP contribution in [0.3, 0.4) is 0 Å². The van der Waals surface area contributed by atoms with Crippen LogP contribution < -0.4 is 5.32 Å². The van der Waals surface area contributed by atoms with Gasteiger partial charge in [-0.2, -0.15) is 5.10 Å². The fourth-order valence-corrected chi connectivity index (χ4v) is 4.04.